The summed E-state index contributed by atoms with van der Waals surface area (Å²) in [6.45, 7) is 4.40. The first kappa shape index (κ1) is 11.5. The minimum Gasteiger partial charge on any atom is -0.350 e. The molecule has 2 heterocycles. The van der Waals surface area contributed by atoms with Gasteiger partial charge in [0, 0.05) is 12.2 Å². The molecule has 0 saturated heterocycles. The van der Waals surface area contributed by atoms with E-state index in [0.29, 0.717) is 6.04 Å². The van der Waals surface area contributed by atoms with Crippen LogP contribution in [0.25, 0.3) is 5.65 Å². The smallest absolute Gasteiger partial charge is 0.243 e. The van der Waals surface area contributed by atoms with Crippen molar-refractivity contribution in [3.05, 3.63) is 23.9 Å². The minimum absolute atomic E-state index is 0.534. The Morgan fingerprint density at radius 2 is 2.28 bits per heavy atom. The molecule has 0 amide bonds. The van der Waals surface area contributed by atoms with Gasteiger partial charge in [-0.15, -0.1) is 5.10 Å². The molecule has 4 nitrogen and oxygen atoms in total. The van der Waals surface area contributed by atoms with Gasteiger partial charge in [-0.05, 0) is 43.4 Å². The summed E-state index contributed by atoms with van der Waals surface area (Å²) in [4.78, 5) is 4.53. The lowest BCUT2D eigenvalue weighted by molar-refractivity contribution is 0.357. The standard InChI is InChI=1S/C14H20N4/c1-10-4-3-5-12(8-10)15-14-16-13-9-11(2)6-7-18(13)17-14/h6-7,9-10,12H,3-5,8H2,1-2H3,(H,15,17). The van der Waals surface area contributed by atoms with Gasteiger partial charge in [0.1, 0.15) is 0 Å². The molecular weight excluding hydrogens is 224 g/mol. The molecule has 18 heavy (non-hydrogen) atoms. The molecule has 1 aliphatic carbocycles. The summed E-state index contributed by atoms with van der Waals surface area (Å²) in [5.41, 5.74) is 2.13. The third-order valence-corrected chi connectivity index (χ3v) is 3.76. The van der Waals surface area contributed by atoms with E-state index in [1.807, 2.05) is 16.8 Å². The van der Waals surface area contributed by atoms with Crippen molar-refractivity contribution in [3.8, 4) is 0 Å². The number of pyridine rings is 1. The van der Waals surface area contributed by atoms with E-state index in [4.69, 9.17) is 0 Å². The fourth-order valence-corrected chi connectivity index (χ4v) is 2.79. The van der Waals surface area contributed by atoms with Crippen molar-refractivity contribution in [2.45, 2.75) is 45.6 Å². The zero-order valence-electron chi connectivity index (χ0n) is 11.1. The maximum Gasteiger partial charge on any atom is 0.243 e. The number of aromatic nitrogens is 3. The second kappa shape index (κ2) is 4.59. The van der Waals surface area contributed by atoms with E-state index in [9.17, 15) is 0 Å². The summed E-state index contributed by atoms with van der Waals surface area (Å²) in [5.74, 6) is 1.58. The van der Waals surface area contributed by atoms with Crippen LogP contribution < -0.4 is 5.32 Å². The van der Waals surface area contributed by atoms with E-state index in [-0.39, 0.29) is 0 Å². The molecule has 1 fully saturated rings. The number of rotatable bonds is 2. The van der Waals surface area contributed by atoms with Gasteiger partial charge in [-0.3, -0.25) is 0 Å². The van der Waals surface area contributed by atoms with Crippen molar-refractivity contribution in [1.82, 2.24) is 14.6 Å². The molecule has 0 aliphatic heterocycles. The van der Waals surface area contributed by atoms with Gasteiger partial charge in [0.05, 0.1) is 0 Å². The van der Waals surface area contributed by atoms with Crippen LogP contribution in [-0.4, -0.2) is 20.6 Å². The van der Waals surface area contributed by atoms with E-state index >= 15 is 0 Å². The number of nitrogens with one attached hydrogen (secondary N) is 1. The topological polar surface area (TPSA) is 42.2 Å². The average molecular weight is 244 g/mol. The highest BCUT2D eigenvalue weighted by Crippen LogP contribution is 2.25. The van der Waals surface area contributed by atoms with E-state index in [0.717, 1.165) is 17.5 Å². The lowest BCUT2D eigenvalue weighted by Gasteiger charge is -2.26. The molecule has 3 rings (SSSR count). The van der Waals surface area contributed by atoms with Crippen LogP contribution in [0.4, 0.5) is 5.95 Å². The molecule has 1 saturated carbocycles. The first-order valence-electron chi connectivity index (χ1n) is 6.80. The van der Waals surface area contributed by atoms with Crippen molar-refractivity contribution in [1.29, 1.82) is 0 Å². The quantitative estimate of drug-likeness (QED) is 0.883. The van der Waals surface area contributed by atoms with E-state index in [2.05, 4.69) is 35.3 Å². The molecule has 96 valence electrons. The number of nitrogens with zero attached hydrogens (tertiary/aromatic N) is 3. The van der Waals surface area contributed by atoms with Gasteiger partial charge in [-0.1, -0.05) is 19.8 Å². The van der Waals surface area contributed by atoms with Crippen LogP contribution in [0, 0.1) is 12.8 Å². The zero-order valence-corrected chi connectivity index (χ0v) is 11.1. The molecule has 1 N–H and O–H groups in total. The summed E-state index contributed by atoms with van der Waals surface area (Å²) >= 11 is 0. The highest BCUT2D eigenvalue weighted by Gasteiger charge is 2.19. The Hall–Kier alpha value is -1.58. The Kier molecular flexibility index (Phi) is 2.94. The second-order valence-corrected chi connectivity index (χ2v) is 5.56. The van der Waals surface area contributed by atoms with Crippen molar-refractivity contribution >= 4 is 11.6 Å². The van der Waals surface area contributed by atoms with E-state index < -0.39 is 0 Å². The number of hydrogen-bond donors (Lipinski definition) is 1. The molecule has 2 aromatic heterocycles. The lowest BCUT2D eigenvalue weighted by atomic mass is 9.87. The highest BCUT2D eigenvalue weighted by atomic mass is 15.3. The molecular formula is C14H20N4. The monoisotopic (exact) mass is 244 g/mol. The van der Waals surface area contributed by atoms with Gasteiger partial charge < -0.3 is 5.32 Å². The fourth-order valence-electron chi connectivity index (χ4n) is 2.79. The summed E-state index contributed by atoms with van der Waals surface area (Å²) < 4.78 is 1.83. The predicted octanol–water partition coefficient (Wildman–Crippen LogP) is 3.03. The molecule has 0 bridgehead atoms. The minimum atomic E-state index is 0.534. The largest absolute Gasteiger partial charge is 0.350 e. The van der Waals surface area contributed by atoms with Crippen LogP contribution in [-0.2, 0) is 0 Å². The Bertz CT molecular complexity index is 546. The molecule has 2 atom stereocenters. The summed E-state index contributed by atoms with van der Waals surface area (Å²) in [6, 6.07) is 4.64. The van der Waals surface area contributed by atoms with Gasteiger partial charge in [0.2, 0.25) is 5.95 Å². The zero-order chi connectivity index (χ0) is 12.5. The SMILES string of the molecule is Cc1ccn2nc(NC3CCCC(C)C3)nc2c1. The average Bonchev–Trinajstić information content (AvgIpc) is 2.70. The third-order valence-electron chi connectivity index (χ3n) is 3.76. The molecule has 2 aromatic rings. The van der Waals surface area contributed by atoms with E-state index in [1.165, 1.54) is 31.2 Å². The van der Waals surface area contributed by atoms with Crippen LogP contribution in [0.1, 0.15) is 38.2 Å². The van der Waals surface area contributed by atoms with E-state index in [1.54, 1.807) is 0 Å². The molecule has 4 heteroatoms. The van der Waals surface area contributed by atoms with Crippen LogP contribution in [0.3, 0.4) is 0 Å². The van der Waals surface area contributed by atoms with Crippen molar-refractivity contribution < 1.29 is 0 Å². The first-order valence-corrected chi connectivity index (χ1v) is 6.80. The predicted molar refractivity (Wildman–Crippen MR) is 72.8 cm³/mol. The van der Waals surface area contributed by atoms with Crippen molar-refractivity contribution in [2.24, 2.45) is 5.92 Å². The number of fused-ring (bicyclic) bond motifs is 1. The third kappa shape index (κ3) is 2.33. The van der Waals surface area contributed by atoms with Gasteiger partial charge in [-0.2, -0.15) is 4.98 Å². The van der Waals surface area contributed by atoms with Crippen LogP contribution in [0.5, 0.6) is 0 Å². The maximum absolute atomic E-state index is 4.53. The molecule has 0 spiro atoms. The normalized spacial score (nSPS) is 24.3. The highest BCUT2D eigenvalue weighted by molar-refractivity contribution is 5.45. The molecule has 1 aliphatic rings. The Labute approximate surface area is 107 Å². The first-order chi connectivity index (χ1) is 8.70. The van der Waals surface area contributed by atoms with Crippen LogP contribution in [0.15, 0.2) is 18.3 Å². The number of hydrogen-bond acceptors (Lipinski definition) is 3. The Morgan fingerprint density at radius 3 is 3.11 bits per heavy atom. The summed E-state index contributed by atoms with van der Waals surface area (Å²) in [7, 11) is 0. The summed E-state index contributed by atoms with van der Waals surface area (Å²) in [5, 5.41) is 7.94. The van der Waals surface area contributed by atoms with Crippen molar-refractivity contribution in [3.63, 3.8) is 0 Å². The Balaban J connectivity index is 1.78. The fraction of sp³-hybridized carbons (Fsp3) is 0.571. The molecule has 0 radical (unpaired) electrons. The Morgan fingerprint density at radius 1 is 1.39 bits per heavy atom. The summed E-state index contributed by atoms with van der Waals surface area (Å²) in [6.07, 6.45) is 7.10. The number of aryl methyl sites for hydroxylation is 1. The lowest BCUT2D eigenvalue weighted by Crippen LogP contribution is -2.26. The van der Waals surface area contributed by atoms with Crippen LogP contribution in [0.2, 0.25) is 0 Å². The van der Waals surface area contributed by atoms with Gasteiger partial charge >= 0.3 is 0 Å². The number of anilines is 1. The molecule has 2 unspecified atom stereocenters. The van der Waals surface area contributed by atoms with Crippen molar-refractivity contribution in [2.75, 3.05) is 5.32 Å². The molecule has 0 aromatic carbocycles. The van der Waals surface area contributed by atoms with Crippen LogP contribution >= 0.6 is 0 Å². The second-order valence-electron chi connectivity index (χ2n) is 5.56. The van der Waals surface area contributed by atoms with Gasteiger partial charge in [0.25, 0.3) is 0 Å². The van der Waals surface area contributed by atoms with Gasteiger partial charge in [0.15, 0.2) is 5.65 Å². The maximum atomic E-state index is 4.53. The van der Waals surface area contributed by atoms with Gasteiger partial charge in [-0.25, -0.2) is 4.52 Å².